The average Bonchev–Trinajstić information content (AvgIpc) is 3.09. The predicted molar refractivity (Wildman–Crippen MR) is 76.4 cm³/mol. The largest absolute Gasteiger partial charge is 0.338 e. The fourth-order valence-corrected chi connectivity index (χ4v) is 2.44. The Morgan fingerprint density at radius 2 is 1.90 bits per heavy atom. The Balaban J connectivity index is 2.03. The van der Waals surface area contributed by atoms with E-state index in [1.54, 1.807) is 0 Å². The monoisotopic (exact) mass is 264 g/mol. The number of aromatic amines is 1. The molecule has 0 radical (unpaired) electrons. The summed E-state index contributed by atoms with van der Waals surface area (Å²) in [5.41, 5.74) is 6.80. The lowest BCUT2D eigenvalue weighted by molar-refractivity contribution is 0.315. The van der Waals surface area contributed by atoms with Gasteiger partial charge >= 0.3 is 0 Å². The molecule has 5 heteroatoms. The van der Waals surface area contributed by atoms with Crippen LogP contribution < -0.4 is 0 Å². The first-order chi connectivity index (χ1) is 9.74. The van der Waals surface area contributed by atoms with Gasteiger partial charge < -0.3 is 4.98 Å². The van der Waals surface area contributed by atoms with Gasteiger partial charge in [0.05, 0.1) is 11.0 Å². The highest BCUT2D eigenvalue weighted by Gasteiger charge is 2.13. The predicted octanol–water partition coefficient (Wildman–Crippen LogP) is 3.38. The summed E-state index contributed by atoms with van der Waals surface area (Å²) in [6.45, 7) is 4.17. The first-order valence-corrected chi connectivity index (χ1v) is 6.41. The van der Waals surface area contributed by atoms with Crippen LogP contribution >= 0.6 is 0 Å². The van der Waals surface area contributed by atoms with E-state index in [1.165, 1.54) is 11.1 Å². The molecule has 0 amide bonds. The number of rotatable bonds is 1. The molecular formula is C15H12N4O. The van der Waals surface area contributed by atoms with Gasteiger partial charge in [0.2, 0.25) is 0 Å². The van der Waals surface area contributed by atoms with E-state index in [0.717, 1.165) is 33.5 Å². The van der Waals surface area contributed by atoms with Crippen LogP contribution in [0.4, 0.5) is 0 Å². The number of H-pyrrole nitrogens is 1. The number of fused-ring (bicyclic) bond motifs is 2. The molecule has 0 bridgehead atoms. The van der Waals surface area contributed by atoms with Crippen LogP contribution in [-0.2, 0) is 0 Å². The van der Waals surface area contributed by atoms with Gasteiger partial charge in [-0.3, -0.25) is 0 Å². The second kappa shape index (κ2) is 3.90. The van der Waals surface area contributed by atoms with E-state index in [9.17, 15) is 0 Å². The highest BCUT2D eigenvalue weighted by molar-refractivity contribution is 5.92. The van der Waals surface area contributed by atoms with E-state index in [0.29, 0.717) is 0 Å². The van der Waals surface area contributed by atoms with Crippen molar-refractivity contribution in [1.29, 1.82) is 0 Å². The lowest BCUT2D eigenvalue weighted by Crippen LogP contribution is -1.83. The highest BCUT2D eigenvalue weighted by Crippen LogP contribution is 2.28. The van der Waals surface area contributed by atoms with E-state index in [1.807, 2.05) is 18.2 Å². The Kier molecular flexibility index (Phi) is 2.18. The molecule has 2 aromatic carbocycles. The molecule has 0 unspecified atom stereocenters. The van der Waals surface area contributed by atoms with Crippen LogP contribution in [0.3, 0.4) is 0 Å². The number of hydrogen-bond donors (Lipinski definition) is 1. The van der Waals surface area contributed by atoms with Gasteiger partial charge in [0.15, 0.2) is 0 Å². The Hall–Kier alpha value is -2.69. The zero-order chi connectivity index (χ0) is 13.7. The Bertz CT molecular complexity index is 936. The van der Waals surface area contributed by atoms with Crippen molar-refractivity contribution in [2.75, 3.05) is 0 Å². The minimum absolute atomic E-state index is 0.723. The second-order valence-corrected chi connectivity index (χ2v) is 4.93. The number of nitrogens with one attached hydrogen (secondary N) is 1. The Morgan fingerprint density at radius 1 is 1.00 bits per heavy atom. The summed E-state index contributed by atoms with van der Waals surface area (Å²) in [5, 5.41) is 7.82. The maximum atomic E-state index is 4.80. The van der Waals surface area contributed by atoms with Crippen LogP contribution in [0.1, 0.15) is 11.1 Å². The van der Waals surface area contributed by atoms with Gasteiger partial charge in [-0.2, -0.15) is 0 Å². The minimum atomic E-state index is 0.723. The molecule has 4 aromatic rings. The Labute approximate surface area is 114 Å². The molecule has 0 spiro atoms. The minimum Gasteiger partial charge on any atom is -0.338 e. The summed E-state index contributed by atoms with van der Waals surface area (Å²) < 4.78 is 4.80. The average molecular weight is 264 g/mol. The molecule has 5 nitrogen and oxygen atoms in total. The standard InChI is InChI=1S/C15H12N4O/c1-8-6-7-11-13(9(8)2)17-15(16-11)10-4-3-5-12-14(10)19-20-18-12/h3-7H,1-2H3,(H,16,17). The maximum Gasteiger partial charge on any atom is 0.146 e. The van der Waals surface area contributed by atoms with Crippen molar-refractivity contribution in [2.45, 2.75) is 13.8 Å². The number of aromatic nitrogens is 4. The van der Waals surface area contributed by atoms with Crippen molar-refractivity contribution >= 4 is 22.1 Å². The fraction of sp³-hybridized carbons (Fsp3) is 0.133. The first-order valence-electron chi connectivity index (χ1n) is 6.41. The fourth-order valence-electron chi connectivity index (χ4n) is 2.44. The van der Waals surface area contributed by atoms with E-state index in [2.05, 4.69) is 41.3 Å². The molecule has 0 aliphatic rings. The molecule has 0 fully saturated rings. The summed E-state index contributed by atoms with van der Waals surface area (Å²) in [5.74, 6) is 0.787. The molecular weight excluding hydrogens is 252 g/mol. The normalized spacial score (nSPS) is 11.5. The van der Waals surface area contributed by atoms with E-state index >= 15 is 0 Å². The number of benzene rings is 2. The van der Waals surface area contributed by atoms with Crippen molar-refractivity contribution in [3.8, 4) is 11.4 Å². The van der Waals surface area contributed by atoms with Gasteiger partial charge in [-0.25, -0.2) is 9.61 Å². The SMILES string of the molecule is Cc1ccc2[nH]c(-c3cccc4nonc34)nc2c1C. The molecule has 98 valence electrons. The third-order valence-corrected chi connectivity index (χ3v) is 3.72. The third kappa shape index (κ3) is 1.46. The van der Waals surface area contributed by atoms with Gasteiger partial charge in [-0.15, -0.1) is 0 Å². The van der Waals surface area contributed by atoms with Crippen LogP contribution in [0, 0.1) is 13.8 Å². The van der Waals surface area contributed by atoms with Gasteiger partial charge in [0.1, 0.15) is 16.9 Å². The van der Waals surface area contributed by atoms with Crippen molar-refractivity contribution < 1.29 is 4.63 Å². The number of hydrogen-bond acceptors (Lipinski definition) is 4. The summed E-state index contributed by atoms with van der Waals surface area (Å²) >= 11 is 0. The van der Waals surface area contributed by atoms with Gasteiger partial charge in [0, 0.05) is 5.56 Å². The molecule has 2 heterocycles. The molecule has 2 aromatic heterocycles. The van der Waals surface area contributed by atoms with Crippen LogP contribution in [0.5, 0.6) is 0 Å². The second-order valence-electron chi connectivity index (χ2n) is 4.93. The van der Waals surface area contributed by atoms with Crippen LogP contribution in [0.2, 0.25) is 0 Å². The van der Waals surface area contributed by atoms with Crippen molar-refractivity contribution in [1.82, 2.24) is 20.3 Å². The maximum absolute atomic E-state index is 4.80. The summed E-state index contributed by atoms with van der Waals surface area (Å²) in [6, 6.07) is 9.90. The Morgan fingerprint density at radius 3 is 2.80 bits per heavy atom. The zero-order valence-corrected chi connectivity index (χ0v) is 11.1. The molecule has 0 aliphatic carbocycles. The molecule has 0 saturated carbocycles. The topological polar surface area (TPSA) is 67.6 Å². The van der Waals surface area contributed by atoms with E-state index < -0.39 is 0 Å². The molecule has 0 saturated heterocycles. The van der Waals surface area contributed by atoms with Crippen LogP contribution in [-0.4, -0.2) is 20.3 Å². The highest BCUT2D eigenvalue weighted by atomic mass is 16.6. The van der Waals surface area contributed by atoms with E-state index in [4.69, 9.17) is 9.61 Å². The van der Waals surface area contributed by atoms with Crippen molar-refractivity contribution in [2.24, 2.45) is 0 Å². The summed E-state index contributed by atoms with van der Waals surface area (Å²) in [4.78, 5) is 8.05. The zero-order valence-electron chi connectivity index (χ0n) is 11.1. The third-order valence-electron chi connectivity index (χ3n) is 3.72. The molecule has 0 aliphatic heterocycles. The molecule has 1 N–H and O–H groups in total. The van der Waals surface area contributed by atoms with Gasteiger partial charge in [-0.1, -0.05) is 12.1 Å². The molecule has 4 rings (SSSR count). The van der Waals surface area contributed by atoms with Crippen molar-refractivity contribution in [3.63, 3.8) is 0 Å². The lowest BCUT2D eigenvalue weighted by Gasteiger charge is -1.98. The number of aryl methyl sites for hydroxylation is 2. The van der Waals surface area contributed by atoms with Gasteiger partial charge in [0.25, 0.3) is 0 Å². The number of nitrogens with zero attached hydrogens (tertiary/aromatic N) is 3. The lowest BCUT2D eigenvalue weighted by atomic mass is 10.1. The van der Waals surface area contributed by atoms with E-state index in [-0.39, 0.29) is 0 Å². The molecule has 0 atom stereocenters. The van der Waals surface area contributed by atoms with Crippen LogP contribution in [0.15, 0.2) is 35.0 Å². The smallest absolute Gasteiger partial charge is 0.146 e. The van der Waals surface area contributed by atoms with Crippen molar-refractivity contribution in [3.05, 3.63) is 41.5 Å². The summed E-state index contributed by atoms with van der Waals surface area (Å²) in [6.07, 6.45) is 0. The van der Waals surface area contributed by atoms with Gasteiger partial charge in [-0.05, 0) is 53.5 Å². The number of imidazole rings is 1. The molecule has 20 heavy (non-hydrogen) atoms. The summed E-state index contributed by atoms with van der Waals surface area (Å²) in [7, 11) is 0. The first kappa shape index (κ1) is 11.2. The van der Waals surface area contributed by atoms with Crippen LogP contribution in [0.25, 0.3) is 33.5 Å². The quantitative estimate of drug-likeness (QED) is 0.572.